The van der Waals surface area contributed by atoms with Crippen molar-refractivity contribution >= 4 is 40.0 Å². The number of nitrogens with two attached hydrogens (primary N) is 1. The van der Waals surface area contributed by atoms with E-state index in [9.17, 15) is 9.59 Å². The Labute approximate surface area is 142 Å². The number of anilines is 1. The van der Waals surface area contributed by atoms with Crippen LogP contribution in [0.1, 0.15) is 23.0 Å². The lowest BCUT2D eigenvalue weighted by atomic mass is 10.2. The van der Waals surface area contributed by atoms with Gasteiger partial charge in [-0.1, -0.05) is 12.1 Å². The van der Waals surface area contributed by atoms with Gasteiger partial charge in [-0.15, -0.1) is 23.1 Å². The summed E-state index contributed by atoms with van der Waals surface area (Å²) in [4.78, 5) is 27.3. The summed E-state index contributed by atoms with van der Waals surface area (Å²) in [6, 6.07) is 7.06. The highest BCUT2D eigenvalue weighted by atomic mass is 32.2. The van der Waals surface area contributed by atoms with Crippen molar-refractivity contribution in [3.05, 3.63) is 40.9 Å². The summed E-state index contributed by atoms with van der Waals surface area (Å²) in [7, 11) is 0. The fraction of sp³-hybridized carbons (Fsp3) is 0.267. The first kappa shape index (κ1) is 17.3. The van der Waals surface area contributed by atoms with Gasteiger partial charge in [-0.3, -0.25) is 14.9 Å². The van der Waals surface area contributed by atoms with Gasteiger partial charge in [0, 0.05) is 11.1 Å². The number of amides is 2. The summed E-state index contributed by atoms with van der Waals surface area (Å²) in [5, 5.41) is 5.12. The number of primary amides is 1. The molecule has 8 heteroatoms. The van der Waals surface area contributed by atoms with Crippen LogP contribution in [0.3, 0.4) is 0 Å². The lowest BCUT2D eigenvalue weighted by Gasteiger charge is -2.08. The standard InChI is InChI=1S/C15H17N3O3S2/c1-2-21-12-6-4-3-5-11(12)14(20)18-15-17-10(8-23-15)7-22-9-13(16)19/h3-6,8H,2,7,9H2,1H3,(H2,16,19)(H,17,18,20). The molecule has 0 radical (unpaired) electrons. The molecule has 0 aliphatic carbocycles. The topological polar surface area (TPSA) is 94.3 Å². The van der Waals surface area contributed by atoms with E-state index in [1.807, 2.05) is 18.4 Å². The second-order valence-corrected chi connectivity index (χ2v) is 6.33. The molecule has 0 unspecified atom stereocenters. The number of rotatable bonds is 8. The van der Waals surface area contributed by atoms with E-state index in [0.717, 1.165) is 5.69 Å². The Morgan fingerprint density at radius 3 is 2.91 bits per heavy atom. The Kier molecular flexibility index (Phi) is 6.42. The molecule has 0 bridgehead atoms. The molecule has 0 aliphatic rings. The van der Waals surface area contributed by atoms with Crippen LogP contribution in [0.25, 0.3) is 0 Å². The Morgan fingerprint density at radius 1 is 1.39 bits per heavy atom. The average molecular weight is 351 g/mol. The van der Waals surface area contributed by atoms with Crippen LogP contribution in [0, 0.1) is 0 Å². The molecular weight excluding hydrogens is 334 g/mol. The molecule has 1 aromatic heterocycles. The van der Waals surface area contributed by atoms with Gasteiger partial charge in [-0.05, 0) is 19.1 Å². The van der Waals surface area contributed by atoms with E-state index in [2.05, 4.69) is 10.3 Å². The molecule has 23 heavy (non-hydrogen) atoms. The van der Waals surface area contributed by atoms with E-state index in [4.69, 9.17) is 10.5 Å². The number of aromatic nitrogens is 1. The first-order valence-corrected chi connectivity index (χ1v) is 8.97. The minimum atomic E-state index is -0.355. The molecule has 2 aromatic rings. The smallest absolute Gasteiger partial charge is 0.261 e. The maximum Gasteiger partial charge on any atom is 0.261 e. The summed E-state index contributed by atoms with van der Waals surface area (Å²) in [5.41, 5.74) is 6.35. The molecule has 2 amide bonds. The Bertz CT molecular complexity index is 688. The van der Waals surface area contributed by atoms with Crippen molar-refractivity contribution in [1.29, 1.82) is 0 Å². The molecule has 0 spiro atoms. The summed E-state index contributed by atoms with van der Waals surface area (Å²) in [5.74, 6) is 0.749. The van der Waals surface area contributed by atoms with Gasteiger partial charge in [0.05, 0.1) is 23.6 Å². The molecule has 1 aromatic carbocycles. The monoisotopic (exact) mass is 351 g/mol. The number of thioether (sulfide) groups is 1. The van der Waals surface area contributed by atoms with E-state index < -0.39 is 0 Å². The van der Waals surface area contributed by atoms with Gasteiger partial charge in [0.2, 0.25) is 5.91 Å². The summed E-state index contributed by atoms with van der Waals surface area (Å²) in [6.07, 6.45) is 0. The average Bonchev–Trinajstić information content (AvgIpc) is 2.95. The van der Waals surface area contributed by atoms with Crippen LogP contribution in [0.4, 0.5) is 5.13 Å². The number of benzene rings is 1. The fourth-order valence-electron chi connectivity index (χ4n) is 1.79. The Hall–Kier alpha value is -2.06. The van der Waals surface area contributed by atoms with Crippen LogP contribution in [-0.4, -0.2) is 29.2 Å². The van der Waals surface area contributed by atoms with Crippen LogP contribution >= 0.6 is 23.1 Å². The van der Waals surface area contributed by atoms with Gasteiger partial charge in [0.1, 0.15) is 5.75 Å². The van der Waals surface area contributed by atoms with Gasteiger partial charge in [0.15, 0.2) is 5.13 Å². The van der Waals surface area contributed by atoms with Crippen molar-refractivity contribution in [3.63, 3.8) is 0 Å². The number of carbonyl (C=O) groups is 2. The van der Waals surface area contributed by atoms with Crippen LogP contribution in [0.15, 0.2) is 29.6 Å². The van der Waals surface area contributed by atoms with Gasteiger partial charge < -0.3 is 10.5 Å². The number of nitrogens with one attached hydrogen (secondary N) is 1. The van der Waals surface area contributed by atoms with Crippen molar-refractivity contribution in [2.45, 2.75) is 12.7 Å². The number of ether oxygens (including phenoxy) is 1. The zero-order valence-electron chi connectivity index (χ0n) is 12.6. The minimum absolute atomic E-state index is 0.251. The highest BCUT2D eigenvalue weighted by Crippen LogP contribution is 2.23. The van der Waals surface area contributed by atoms with Crippen molar-refractivity contribution < 1.29 is 14.3 Å². The zero-order chi connectivity index (χ0) is 16.7. The van der Waals surface area contributed by atoms with Crippen molar-refractivity contribution in [2.24, 2.45) is 5.73 Å². The predicted molar refractivity (Wildman–Crippen MR) is 93.0 cm³/mol. The first-order chi connectivity index (χ1) is 11.1. The number of hydrogen-bond acceptors (Lipinski definition) is 6. The highest BCUT2D eigenvalue weighted by molar-refractivity contribution is 7.99. The largest absolute Gasteiger partial charge is 0.493 e. The molecule has 3 N–H and O–H groups in total. The fourth-order valence-corrected chi connectivity index (χ4v) is 3.26. The zero-order valence-corrected chi connectivity index (χ0v) is 14.2. The molecule has 0 saturated carbocycles. The third-order valence-corrected chi connectivity index (χ3v) is 4.49. The van der Waals surface area contributed by atoms with Crippen LogP contribution < -0.4 is 15.8 Å². The lowest BCUT2D eigenvalue weighted by molar-refractivity contribution is -0.115. The molecule has 2 rings (SSSR count). The Balaban J connectivity index is 1.98. The molecule has 0 atom stereocenters. The molecule has 0 fully saturated rings. The predicted octanol–water partition coefficient (Wildman–Crippen LogP) is 2.51. The summed E-state index contributed by atoms with van der Waals surface area (Å²) in [6.45, 7) is 2.36. The van der Waals surface area contributed by atoms with Gasteiger partial charge >= 0.3 is 0 Å². The second-order valence-electron chi connectivity index (χ2n) is 4.49. The van der Waals surface area contributed by atoms with Gasteiger partial charge in [0.25, 0.3) is 5.91 Å². The van der Waals surface area contributed by atoms with E-state index in [1.165, 1.54) is 23.1 Å². The highest BCUT2D eigenvalue weighted by Gasteiger charge is 2.14. The van der Waals surface area contributed by atoms with E-state index in [1.54, 1.807) is 18.2 Å². The number of hydrogen-bond donors (Lipinski definition) is 2. The maximum absolute atomic E-state index is 12.3. The SMILES string of the molecule is CCOc1ccccc1C(=O)Nc1nc(CSCC(N)=O)cs1. The van der Waals surface area contributed by atoms with Crippen molar-refractivity contribution in [1.82, 2.24) is 4.98 Å². The van der Waals surface area contributed by atoms with Gasteiger partial charge in [-0.25, -0.2) is 4.98 Å². The Morgan fingerprint density at radius 2 is 2.17 bits per heavy atom. The van der Waals surface area contributed by atoms with Gasteiger partial charge in [-0.2, -0.15) is 0 Å². The van der Waals surface area contributed by atoms with Crippen LogP contribution in [-0.2, 0) is 10.5 Å². The second kappa shape index (κ2) is 8.54. The quantitative estimate of drug-likeness (QED) is 0.762. The third-order valence-electron chi connectivity index (χ3n) is 2.70. The molecular formula is C15H17N3O3S2. The number of thiazole rings is 1. The maximum atomic E-state index is 12.3. The van der Waals surface area contributed by atoms with Crippen LogP contribution in [0.2, 0.25) is 0 Å². The normalized spacial score (nSPS) is 10.3. The number of carbonyl (C=O) groups excluding carboxylic acids is 2. The van der Waals surface area contributed by atoms with Crippen LogP contribution in [0.5, 0.6) is 5.75 Å². The number of para-hydroxylation sites is 1. The van der Waals surface area contributed by atoms with E-state index in [0.29, 0.717) is 28.8 Å². The van der Waals surface area contributed by atoms with Crippen molar-refractivity contribution in [3.8, 4) is 5.75 Å². The van der Waals surface area contributed by atoms with E-state index >= 15 is 0 Å². The van der Waals surface area contributed by atoms with E-state index in [-0.39, 0.29) is 17.6 Å². The third kappa shape index (κ3) is 5.26. The molecule has 0 aliphatic heterocycles. The molecule has 1 heterocycles. The molecule has 6 nitrogen and oxygen atoms in total. The first-order valence-electron chi connectivity index (χ1n) is 6.93. The lowest BCUT2D eigenvalue weighted by Crippen LogP contribution is -2.14. The summed E-state index contributed by atoms with van der Waals surface area (Å²) < 4.78 is 5.45. The number of nitrogens with zero attached hydrogens (tertiary/aromatic N) is 1. The van der Waals surface area contributed by atoms with Crippen molar-refractivity contribution in [2.75, 3.05) is 17.7 Å². The summed E-state index contributed by atoms with van der Waals surface area (Å²) >= 11 is 2.73. The molecule has 122 valence electrons. The molecule has 0 saturated heterocycles. The minimum Gasteiger partial charge on any atom is -0.493 e.